The van der Waals surface area contributed by atoms with E-state index in [9.17, 15) is 51.9 Å². The molecule has 0 aliphatic carbocycles. The number of rotatable bonds is 43. The van der Waals surface area contributed by atoms with E-state index in [1.54, 1.807) is 108 Å². The van der Waals surface area contributed by atoms with Gasteiger partial charge >= 0.3 is 0 Å². The number of carbonyl (C=O) groups is 10. The van der Waals surface area contributed by atoms with Crippen molar-refractivity contribution in [2.75, 3.05) is 32.1 Å². The van der Waals surface area contributed by atoms with E-state index in [-0.39, 0.29) is 92.9 Å². The third-order valence-corrected chi connectivity index (χ3v) is 19.0. The number of fused-ring (bicyclic) bond motifs is 1. The minimum Gasteiger partial charge on any atom is -0.508 e. The normalized spacial score (nSPS) is 14.9. The fourth-order valence-corrected chi connectivity index (χ4v) is 12.5. The van der Waals surface area contributed by atoms with Crippen LogP contribution in [0.4, 0.5) is 5.69 Å². The van der Waals surface area contributed by atoms with Crippen LogP contribution in [-0.2, 0) is 70.8 Å². The second-order valence-corrected chi connectivity index (χ2v) is 28.0. The summed E-state index contributed by atoms with van der Waals surface area (Å²) in [6, 6.07) is 11.0. The molecule has 0 spiro atoms. The number of primary amides is 2. The van der Waals surface area contributed by atoms with E-state index in [2.05, 4.69) is 57.2 Å². The molecule has 4 aromatic rings. The largest absolute Gasteiger partial charge is 0.508 e. The standard InChI is InChI=1S/C70H106N18O13S/c1-11-40(6)57(85-65(96)53(38-56(71)90)87-102(100,101)55-28-18-23-46-47(55)24-17-27-54(46)88(9)10)67(98)83-51(37-44-29-31-45(89)32-30-44)63(94)80-48(25-19-33-77-69(73)74)61(92)79-49(26-20-34-78-70(75)76)62(93)82-52(36-43-21-15-14-16-22-43)64(95)84-59(42(8)13-3)68(99)86-58(41(7)12-2)66(97)81-50(60(72)91)35-39(4)5/h14-18,21-24,27-32,39-42,48-53,57-59,87,89H,11-13,19-20,25-26,33-38H2,1-10H3,(H2,71,90)(H2,72,91)(H,79,92)(H,80,94)(H,81,97)(H,82,93)(H,83,98)(H,84,95)(H,85,96)(H,86,99)(H4,73,74,77)(H4,75,76,78)/t40-,41-,42-,48-,49-,50-,51-,52-,53-,57-,58-,59-/m0/s1. The van der Waals surface area contributed by atoms with Crippen LogP contribution in [0, 0.1) is 23.7 Å². The van der Waals surface area contributed by atoms with Crippen molar-refractivity contribution in [2.45, 2.75) is 185 Å². The van der Waals surface area contributed by atoms with Gasteiger partial charge in [-0.25, -0.2) is 8.42 Å². The van der Waals surface area contributed by atoms with Crippen molar-refractivity contribution in [1.29, 1.82) is 0 Å². The quantitative estimate of drug-likeness (QED) is 0.0161. The maximum absolute atomic E-state index is 15.0. The topological polar surface area (TPSA) is 517 Å². The zero-order valence-corrected chi connectivity index (χ0v) is 60.7. The smallest absolute Gasteiger partial charge is 0.243 e. The first-order chi connectivity index (χ1) is 48.1. The lowest BCUT2D eigenvalue weighted by Gasteiger charge is -2.31. The first-order valence-electron chi connectivity index (χ1n) is 34.3. The van der Waals surface area contributed by atoms with Crippen LogP contribution in [0.3, 0.4) is 0 Å². The predicted molar refractivity (Wildman–Crippen MR) is 390 cm³/mol. The number of carbonyl (C=O) groups excluding carboxylic acids is 10. The van der Waals surface area contributed by atoms with E-state index >= 15 is 9.59 Å². The number of sulfonamides is 1. The van der Waals surface area contributed by atoms with Crippen molar-refractivity contribution in [3.63, 3.8) is 0 Å². The number of hydrogen-bond donors (Lipinski definition) is 16. The molecule has 0 saturated heterocycles. The Morgan fingerprint density at radius 1 is 0.461 bits per heavy atom. The highest BCUT2D eigenvalue weighted by atomic mass is 32.2. The van der Waals surface area contributed by atoms with Crippen LogP contribution >= 0.6 is 0 Å². The summed E-state index contributed by atoms with van der Waals surface area (Å²) in [5.74, 6) is -11.3. The lowest BCUT2D eigenvalue weighted by Crippen LogP contribution is -2.62. The van der Waals surface area contributed by atoms with Crippen molar-refractivity contribution < 1.29 is 61.5 Å². The Bertz CT molecular complexity index is 3680. The third kappa shape index (κ3) is 26.8. The molecule has 0 bridgehead atoms. The molecule has 0 saturated carbocycles. The average molecular weight is 1440 g/mol. The highest BCUT2D eigenvalue weighted by Gasteiger charge is 2.39. The van der Waals surface area contributed by atoms with Crippen molar-refractivity contribution in [1.82, 2.24) is 47.3 Å². The number of nitrogens with zero attached hydrogens (tertiary/aromatic N) is 3. The van der Waals surface area contributed by atoms with Crippen molar-refractivity contribution in [3.8, 4) is 5.75 Å². The number of phenolic OH excluding ortho intramolecular Hbond substituents is 1. The fourth-order valence-electron chi connectivity index (χ4n) is 11.1. The number of nitrogens with one attached hydrogen (secondary N) is 9. The van der Waals surface area contributed by atoms with Crippen LogP contribution in [0.25, 0.3) is 10.8 Å². The van der Waals surface area contributed by atoms with Gasteiger partial charge in [0.05, 0.1) is 11.3 Å². The Hall–Kier alpha value is -10.1. The molecular formula is C70H106N18O13S. The molecule has 31 nitrogen and oxygen atoms in total. The van der Waals surface area contributed by atoms with Crippen LogP contribution in [0.15, 0.2) is 106 Å². The summed E-state index contributed by atoms with van der Waals surface area (Å²) in [5.41, 5.74) is 35.6. The van der Waals surface area contributed by atoms with E-state index in [0.717, 1.165) is 0 Å². The Balaban J connectivity index is 1.74. The van der Waals surface area contributed by atoms with Gasteiger partial charge in [-0.15, -0.1) is 0 Å². The molecule has 4 rings (SSSR count). The lowest BCUT2D eigenvalue weighted by atomic mass is 9.94. The SMILES string of the molecule is CC[C@H](C)[C@H](NC(=O)[C@H](CC(N)=O)NS(=O)(=O)c1cccc2c(N(C)C)cccc12)C(=O)N[C@@H](Cc1ccc(O)cc1)C(=O)N[C@@H](CCCN=C(N)N)C(=O)N[C@@H](CCCN=C(N)N)C(=O)N[C@@H](Cc1ccccc1)C(=O)N[C@H](C(=O)N[C@H](C(=O)N[C@@H](CC(C)C)C(N)=O)[C@@H](C)CC)[C@@H](C)CC. The minimum absolute atomic E-state index is 0.0167. The highest BCUT2D eigenvalue weighted by molar-refractivity contribution is 7.89. The molecule has 0 aliphatic heterocycles. The summed E-state index contributed by atoms with van der Waals surface area (Å²) < 4.78 is 30.9. The Kier molecular flexibility index (Phi) is 33.9. The number of aromatic hydroxyl groups is 1. The van der Waals surface area contributed by atoms with Crippen LogP contribution in [0.1, 0.15) is 124 Å². The van der Waals surface area contributed by atoms with Gasteiger partial charge < -0.3 is 86.9 Å². The second-order valence-electron chi connectivity index (χ2n) is 26.3. The maximum Gasteiger partial charge on any atom is 0.243 e. The second kappa shape index (κ2) is 41.0. The molecule has 560 valence electrons. The van der Waals surface area contributed by atoms with E-state index in [1.165, 1.54) is 36.4 Å². The van der Waals surface area contributed by atoms with Gasteiger partial charge in [0.1, 0.15) is 60.1 Å². The summed E-state index contributed by atoms with van der Waals surface area (Å²) in [6.07, 6.45) is -0.256. The summed E-state index contributed by atoms with van der Waals surface area (Å²) >= 11 is 0. The molecule has 0 aliphatic rings. The van der Waals surface area contributed by atoms with Gasteiger partial charge in [0.25, 0.3) is 0 Å². The molecule has 0 radical (unpaired) electrons. The van der Waals surface area contributed by atoms with E-state index < -0.39 is 148 Å². The summed E-state index contributed by atoms with van der Waals surface area (Å²) in [4.78, 5) is 152. The monoisotopic (exact) mass is 1440 g/mol. The summed E-state index contributed by atoms with van der Waals surface area (Å²) in [6.45, 7) is 14.0. The first kappa shape index (κ1) is 84.3. The maximum atomic E-state index is 15.0. The van der Waals surface area contributed by atoms with Crippen molar-refractivity contribution in [2.24, 2.45) is 68.1 Å². The number of aliphatic imine (C=N–C) groups is 2. The summed E-state index contributed by atoms with van der Waals surface area (Å²) in [5, 5.41) is 32.9. The van der Waals surface area contributed by atoms with Crippen molar-refractivity contribution in [3.05, 3.63) is 102 Å². The zero-order chi connectivity index (χ0) is 76.1. The number of phenols is 1. The molecule has 0 aromatic heterocycles. The van der Waals surface area contributed by atoms with E-state index in [0.29, 0.717) is 40.4 Å². The zero-order valence-electron chi connectivity index (χ0n) is 59.9. The van der Waals surface area contributed by atoms with Crippen LogP contribution in [0.2, 0.25) is 0 Å². The van der Waals surface area contributed by atoms with Gasteiger partial charge in [-0.2, -0.15) is 4.72 Å². The number of anilines is 1. The molecule has 32 heteroatoms. The molecule has 12 atom stereocenters. The third-order valence-electron chi connectivity index (χ3n) is 17.5. The number of nitrogens with two attached hydrogens (primary N) is 6. The van der Waals surface area contributed by atoms with E-state index in [1.807, 2.05) is 20.8 Å². The molecule has 102 heavy (non-hydrogen) atoms. The first-order valence-corrected chi connectivity index (χ1v) is 35.7. The highest BCUT2D eigenvalue weighted by Crippen LogP contribution is 2.31. The minimum atomic E-state index is -4.61. The molecule has 0 fully saturated rings. The Morgan fingerprint density at radius 3 is 1.29 bits per heavy atom. The van der Waals surface area contributed by atoms with Gasteiger partial charge in [0.2, 0.25) is 69.1 Å². The number of hydrogen-bond acceptors (Lipinski definition) is 16. The number of benzene rings is 4. The van der Waals surface area contributed by atoms with Gasteiger partial charge in [-0.05, 0) is 91.2 Å². The number of amides is 10. The van der Waals surface area contributed by atoms with E-state index in [4.69, 9.17) is 34.4 Å². The van der Waals surface area contributed by atoms with Crippen LogP contribution in [-0.4, -0.2) is 166 Å². The predicted octanol–water partition coefficient (Wildman–Crippen LogP) is 0.274. The summed E-state index contributed by atoms with van der Waals surface area (Å²) in [7, 11) is -1.04. The lowest BCUT2D eigenvalue weighted by molar-refractivity contribution is -0.137. The Morgan fingerprint density at radius 2 is 0.853 bits per heavy atom. The van der Waals surface area contributed by atoms with Gasteiger partial charge in [-0.3, -0.25) is 57.9 Å². The van der Waals surface area contributed by atoms with Gasteiger partial charge in [0, 0.05) is 56.5 Å². The Labute approximate surface area is 596 Å². The molecular weight excluding hydrogens is 1330 g/mol. The van der Waals surface area contributed by atoms with Crippen LogP contribution in [0.5, 0.6) is 5.75 Å². The van der Waals surface area contributed by atoms with Crippen molar-refractivity contribution >= 4 is 97.5 Å². The fraction of sp³-hybridized carbons (Fsp3) is 0.514. The van der Waals surface area contributed by atoms with Gasteiger partial charge in [-0.1, -0.05) is 141 Å². The molecule has 10 amide bonds. The molecule has 0 unspecified atom stereocenters. The molecule has 4 aromatic carbocycles. The number of guanidine groups is 2. The molecule has 0 heterocycles. The average Bonchev–Trinajstić information content (AvgIpc) is 0.773. The van der Waals surface area contributed by atoms with Crippen LogP contribution < -0.4 is 86.6 Å². The molecule has 22 N–H and O–H groups in total. The van der Waals surface area contributed by atoms with Gasteiger partial charge in [0.15, 0.2) is 11.9 Å².